The van der Waals surface area contributed by atoms with Crippen molar-refractivity contribution in [2.45, 2.75) is 32.3 Å². The molecule has 11 heavy (non-hydrogen) atoms. The summed E-state index contributed by atoms with van der Waals surface area (Å²) >= 11 is 0. The van der Waals surface area contributed by atoms with E-state index < -0.39 is 0 Å². The van der Waals surface area contributed by atoms with Crippen LogP contribution in [0.15, 0.2) is 0 Å². The third kappa shape index (κ3) is 0.710. The third-order valence-electron chi connectivity index (χ3n) is 3.19. The van der Waals surface area contributed by atoms with Gasteiger partial charge in [-0.25, -0.2) is 4.79 Å². The lowest BCUT2D eigenvalue weighted by atomic mass is 9.59. The van der Waals surface area contributed by atoms with Gasteiger partial charge in [0.05, 0.1) is 6.54 Å². The van der Waals surface area contributed by atoms with E-state index in [1.54, 1.807) is 0 Å². The molecule has 2 fully saturated rings. The first-order valence-electron chi connectivity index (χ1n) is 4.03. The predicted molar refractivity (Wildman–Crippen MR) is 40.2 cm³/mol. The summed E-state index contributed by atoms with van der Waals surface area (Å²) in [5.41, 5.74) is -0.00373. The van der Waals surface area contributed by atoms with Crippen LogP contribution in [-0.4, -0.2) is 18.2 Å². The Morgan fingerprint density at radius 3 is 2.36 bits per heavy atom. The molecule has 0 aromatic carbocycles. The van der Waals surface area contributed by atoms with Gasteiger partial charge in [0.25, 0.3) is 0 Å². The first kappa shape index (κ1) is 6.95. The van der Waals surface area contributed by atoms with Crippen molar-refractivity contribution in [2.75, 3.05) is 6.54 Å². The van der Waals surface area contributed by atoms with E-state index in [0.717, 1.165) is 12.8 Å². The highest BCUT2D eigenvalue weighted by molar-refractivity contribution is 5.70. The summed E-state index contributed by atoms with van der Waals surface area (Å²) in [6.07, 6.45) is 1.92. The number of hydrogen-bond donors (Lipinski definition) is 1. The van der Waals surface area contributed by atoms with Gasteiger partial charge < -0.3 is 10.1 Å². The molecule has 2 aliphatic rings. The monoisotopic (exact) mass is 155 g/mol. The topological polar surface area (TPSA) is 38.3 Å². The summed E-state index contributed by atoms with van der Waals surface area (Å²) in [6.45, 7) is 4.99. The van der Waals surface area contributed by atoms with E-state index in [1.807, 2.05) is 0 Å². The van der Waals surface area contributed by atoms with Gasteiger partial charge in [0, 0.05) is 5.41 Å². The summed E-state index contributed by atoms with van der Waals surface area (Å²) in [6, 6.07) is 0. The van der Waals surface area contributed by atoms with Crippen molar-refractivity contribution in [3.63, 3.8) is 0 Å². The van der Waals surface area contributed by atoms with Gasteiger partial charge in [0.1, 0.15) is 5.60 Å². The van der Waals surface area contributed by atoms with E-state index in [0.29, 0.717) is 6.54 Å². The van der Waals surface area contributed by atoms with E-state index >= 15 is 0 Å². The van der Waals surface area contributed by atoms with Gasteiger partial charge in [0.15, 0.2) is 0 Å². The number of alkyl carbamates (subject to hydrolysis) is 1. The Balaban J connectivity index is 2.19. The fourth-order valence-corrected chi connectivity index (χ4v) is 1.89. The summed E-state index contributed by atoms with van der Waals surface area (Å²) in [7, 11) is 0. The fraction of sp³-hybridized carbons (Fsp3) is 0.875. The zero-order valence-corrected chi connectivity index (χ0v) is 6.94. The SMILES string of the molecule is CC1(C)CCC12CNC(=O)O2. The highest BCUT2D eigenvalue weighted by Crippen LogP contribution is 2.52. The van der Waals surface area contributed by atoms with Gasteiger partial charge in [-0.1, -0.05) is 13.8 Å². The zero-order valence-electron chi connectivity index (χ0n) is 6.94. The molecule has 1 saturated heterocycles. The number of ether oxygens (including phenoxy) is 1. The van der Waals surface area contributed by atoms with Gasteiger partial charge >= 0.3 is 6.09 Å². The lowest BCUT2D eigenvalue weighted by Gasteiger charge is -2.51. The molecule has 2 rings (SSSR count). The van der Waals surface area contributed by atoms with E-state index in [4.69, 9.17) is 4.74 Å². The van der Waals surface area contributed by atoms with Gasteiger partial charge in [-0.2, -0.15) is 0 Å². The van der Waals surface area contributed by atoms with Crippen molar-refractivity contribution in [1.29, 1.82) is 0 Å². The average molecular weight is 155 g/mol. The lowest BCUT2D eigenvalue weighted by molar-refractivity contribution is -0.120. The van der Waals surface area contributed by atoms with Crippen LogP contribution in [0.5, 0.6) is 0 Å². The molecule has 1 spiro atoms. The van der Waals surface area contributed by atoms with Gasteiger partial charge in [-0.3, -0.25) is 0 Å². The van der Waals surface area contributed by atoms with Gasteiger partial charge in [-0.15, -0.1) is 0 Å². The molecule has 3 heteroatoms. The minimum Gasteiger partial charge on any atom is -0.440 e. The van der Waals surface area contributed by atoms with E-state index in [9.17, 15) is 4.79 Å². The highest BCUT2D eigenvalue weighted by atomic mass is 16.6. The molecular weight excluding hydrogens is 142 g/mol. The average Bonchev–Trinajstić information content (AvgIpc) is 2.32. The van der Waals surface area contributed by atoms with Crippen LogP contribution in [0.3, 0.4) is 0 Å². The summed E-state index contributed by atoms with van der Waals surface area (Å²) < 4.78 is 5.25. The Morgan fingerprint density at radius 1 is 1.45 bits per heavy atom. The van der Waals surface area contributed by atoms with E-state index in [2.05, 4.69) is 19.2 Å². The molecular formula is C8H13NO2. The largest absolute Gasteiger partial charge is 0.440 e. The van der Waals surface area contributed by atoms with Crippen LogP contribution < -0.4 is 5.32 Å². The standard InChI is InChI=1S/C8H13NO2/c1-7(2)3-4-8(7)5-9-6(10)11-8/h3-5H2,1-2H3,(H,9,10). The summed E-state index contributed by atoms with van der Waals surface area (Å²) in [5.74, 6) is 0. The van der Waals surface area contributed by atoms with Crippen molar-refractivity contribution < 1.29 is 9.53 Å². The van der Waals surface area contributed by atoms with Crippen molar-refractivity contribution in [1.82, 2.24) is 5.32 Å². The normalized spacial score (nSPS) is 39.6. The van der Waals surface area contributed by atoms with Crippen molar-refractivity contribution in [3.8, 4) is 0 Å². The second kappa shape index (κ2) is 1.71. The molecule has 0 aromatic heterocycles. The molecule has 1 aliphatic carbocycles. The molecule has 3 nitrogen and oxygen atoms in total. The van der Waals surface area contributed by atoms with Crippen LogP contribution in [0.1, 0.15) is 26.7 Å². The molecule has 0 aromatic rings. The number of rotatable bonds is 0. The first-order valence-corrected chi connectivity index (χ1v) is 4.03. The molecule has 0 bridgehead atoms. The molecule has 0 radical (unpaired) electrons. The van der Waals surface area contributed by atoms with E-state index in [-0.39, 0.29) is 17.1 Å². The predicted octanol–water partition coefficient (Wildman–Crippen LogP) is 1.28. The molecule has 1 N–H and O–H groups in total. The second-order valence-corrected chi connectivity index (χ2v) is 4.12. The Kier molecular flexibility index (Phi) is 1.08. The molecule has 1 amide bonds. The zero-order chi connectivity index (χ0) is 8.11. The van der Waals surface area contributed by atoms with Crippen LogP contribution >= 0.6 is 0 Å². The quantitative estimate of drug-likeness (QED) is 0.572. The first-order chi connectivity index (χ1) is 5.06. The van der Waals surface area contributed by atoms with Crippen molar-refractivity contribution >= 4 is 6.09 Å². The Hall–Kier alpha value is -0.730. The fourth-order valence-electron chi connectivity index (χ4n) is 1.89. The van der Waals surface area contributed by atoms with Crippen LogP contribution in [0, 0.1) is 5.41 Å². The number of hydrogen-bond acceptors (Lipinski definition) is 2. The maximum absolute atomic E-state index is 10.8. The van der Waals surface area contributed by atoms with Crippen molar-refractivity contribution in [3.05, 3.63) is 0 Å². The number of nitrogens with one attached hydrogen (secondary N) is 1. The van der Waals surface area contributed by atoms with Crippen LogP contribution in [0.25, 0.3) is 0 Å². The molecule has 1 atom stereocenters. The summed E-state index contributed by atoms with van der Waals surface area (Å²) in [5, 5.41) is 2.71. The molecule has 1 unspecified atom stereocenters. The number of carbonyl (C=O) groups excluding carboxylic acids is 1. The third-order valence-corrected chi connectivity index (χ3v) is 3.19. The van der Waals surface area contributed by atoms with Gasteiger partial charge in [-0.05, 0) is 12.8 Å². The number of carbonyl (C=O) groups is 1. The smallest absolute Gasteiger partial charge is 0.407 e. The summed E-state index contributed by atoms with van der Waals surface area (Å²) in [4.78, 5) is 10.8. The molecule has 1 aliphatic heterocycles. The van der Waals surface area contributed by atoms with E-state index in [1.165, 1.54) is 0 Å². The molecule has 62 valence electrons. The van der Waals surface area contributed by atoms with Crippen LogP contribution in [0.4, 0.5) is 4.79 Å². The highest BCUT2D eigenvalue weighted by Gasteiger charge is 2.58. The molecule has 1 saturated carbocycles. The Morgan fingerprint density at radius 2 is 2.18 bits per heavy atom. The minimum absolute atomic E-state index is 0.173. The van der Waals surface area contributed by atoms with Gasteiger partial charge in [0.2, 0.25) is 0 Å². The Labute approximate surface area is 66.1 Å². The molecule has 1 heterocycles. The minimum atomic E-state index is -0.252. The Bertz CT molecular complexity index is 212. The van der Waals surface area contributed by atoms with Crippen LogP contribution in [0.2, 0.25) is 0 Å². The second-order valence-electron chi connectivity index (χ2n) is 4.12. The van der Waals surface area contributed by atoms with Crippen LogP contribution in [-0.2, 0) is 4.74 Å². The van der Waals surface area contributed by atoms with Crippen molar-refractivity contribution in [2.24, 2.45) is 5.41 Å². The number of amides is 1. The maximum Gasteiger partial charge on any atom is 0.407 e. The maximum atomic E-state index is 10.8. The lowest BCUT2D eigenvalue weighted by Crippen LogP contribution is -2.56.